The molecule has 0 spiro atoms. The first-order chi connectivity index (χ1) is 12.3. The maximum absolute atomic E-state index is 13.1. The van der Waals surface area contributed by atoms with Crippen LogP contribution in [-0.4, -0.2) is 20.6 Å². The molecule has 1 amide bonds. The maximum atomic E-state index is 13.1. The molecular formula is C20H19NO4S. The fourth-order valence-corrected chi connectivity index (χ4v) is 3.25. The molecule has 0 aliphatic heterocycles. The summed E-state index contributed by atoms with van der Waals surface area (Å²) >= 11 is 0. The normalized spacial score (nSPS) is 11.3. The molecule has 3 aromatic rings. The third kappa shape index (κ3) is 4.03. The van der Waals surface area contributed by atoms with Gasteiger partial charge in [-0.1, -0.05) is 23.8 Å². The molecule has 0 saturated heterocycles. The van der Waals surface area contributed by atoms with E-state index in [-0.39, 0.29) is 17.3 Å². The van der Waals surface area contributed by atoms with Crippen LogP contribution in [0.4, 0.5) is 5.69 Å². The van der Waals surface area contributed by atoms with Crippen LogP contribution in [0.5, 0.6) is 0 Å². The van der Waals surface area contributed by atoms with Crippen molar-refractivity contribution in [3.05, 3.63) is 83.8 Å². The molecule has 26 heavy (non-hydrogen) atoms. The summed E-state index contributed by atoms with van der Waals surface area (Å²) < 4.78 is 29.0. The highest BCUT2D eigenvalue weighted by Gasteiger charge is 2.20. The third-order valence-corrected chi connectivity index (χ3v) is 5.10. The quantitative estimate of drug-likeness (QED) is 0.685. The standard InChI is InChI=1S/C20H19NO4S/c1-15-8-10-17(11-9-15)21(14-18-6-4-12-25-18)20(22)16-5-3-7-19(13-16)26(2,23)24/h3-13H,14H2,1-2H3. The maximum Gasteiger partial charge on any atom is 0.258 e. The SMILES string of the molecule is Cc1ccc(N(Cc2ccco2)C(=O)c2cccc(S(C)(=O)=O)c2)cc1. The van der Waals surface area contributed by atoms with E-state index in [4.69, 9.17) is 4.42 Å². The van der Waals surface area contributed by atoms with Gasteiger partial charge in [0.25, 0.3) is 5.91 Å². The average molecular weight is 369 g/mol. The molecule has 0 aliphatic rings. The number of rotatable bonds is 5. The lowest BCUT2D eigenvalue weighted by molar-refractivity contribution is 0.0983. The van der Waals surface area contributed by atoms with Crippen molar-refractivity contribution in [3.8, 4) is 0 Å². The Morgan fingerprint density at radius 3 is 2.38 bits per heavy atom. The molecule has 0 radical (unpaired) electrons. The number of carbonyl (C=O) groups excluding carboxylic acids is 1. The molecule has 1 heterocycles. The molecule has 0 bridgehead atoms. The Hall–Kier alpha value is -2.86. The molecule has 6 heteroatoms. The second-order valence-electron chi connectivity index (χ2n) is 6.11. The summed E-state index contributed by atoms with van der Waals surface area (Å²) in [4.78, 5) is 14.8. The van der Waals surface area contributed by atoms with Gasteiger partial charge in [0, 0.05) is 17.5 Å². The molecule has 3 rings (SSSR count). The van der Waals surface area contributed by atoms with Crippen LogP contribution in [-0.2, 0) is 16.4 Å². The Kier molecular flexibility index (Phi) is 4.95. The van der Waals surface area contributed by atoms with Gasteiger partial charge in [-0.15, -0.1) is 0 Å². The molecule has 0 saturated carbocycles. The second-order valence-corrected chi connectivity index (χ2v) is 8.12. The number of benzene rings is 2. The zero-order valence-corrected chi connectivity index (χ0v) is 15.4. The lowest BCUT2D eigenvalue weighted by Gasteiger charge is -2.22. The van der Waals surface area contributed by atoms with E-state index < -0.39 is 9.84 Å². The zero-order chi connectivity index (χ0) is 18.7. The average Bonchev–Trinajstić information content (AvgIpc) is 3.13. The van der Waals surface area contributed by atoms with Crippen molar-refractivity contribution in [1.82, 2.24) is 0 Å². The smallest absolute Gasteiger partial charge is 0.258 e. The molecule has 0 unspecified atom stereocenters. The van der Waals surface area contributed by atoms with E-state index in [0.717, 1.165) is 11.8 Å². The molecular weight excluding hydrogens is 350 g/mol. The highest BCUT2D eigenvalue weighted by atomic mass is 32.2. The van der Waals surface area contributed by atoms with Crippen molar-refractivity contribution >= 4 is 21.4 Å². The minimum Gasteiger partial charge on any atom is -0.467 e. The third-order valence-electron chi connectivity index (χ3n) is 3.99. The number of carbonyl (C=O) groups is 1. The van der Waals surface area contributed by atoms with Crippen molar-refractivity contribution in [1.29, 1.82) is 0 Å². The Morgan fingerprint density at radius 1 is 1.04 bits per heavy atom. The molecule has 134 valence electrons. The summed E-state index contributed by atoms with van der Waals surface area (Å²) in [5.41, 5.74) is 2.10. The van der Waals surface area contributed by atoms with Gasteiger partial charge in [-0.25, -0.2) is 8.42 Å². The first-order valence-electron chi connectivity index (χ1n) is 8.05. The topological polar surface area (TPSA) is 67.6 Å². The summed E-state index contributed by atoms with van der Waals surface area (Å²) in [5.74, 6) is 0.342. The van der Waals surface area contributed by atoms with Crippen LogP contribution < -0.4 is 4.90 Å². The van der Waals surface area contributed by atoms with Crippen molar-refractivity contribution < 1.29 is 17.6 Å². The first-order valence-corrected chi connectivity index (χ1v) is 9.95. The van der Waals surface area contributed by atoms with Crippen LogP contribution in [0.1, 0.15) is 21.7 Å². The van der Waals surface area contributed by atoms with Crippen molar-refractivity contribution in [3.63, 3.8) is 0 Å². The number of aryl methyl sites for hydroxylation is 1. The monoisotopic (exact) mass is 369 g/mol. The second kappa shape index (κ2) is 7.17. The van der Waals surface area contributed by atoms with E-state index in [1.165, 1.54) is 12.1 Å². The van der Waals surface area contributed by atoms with E-state index in [2.05, 4.69) is 0 Å². The van der Waals surface area contributed by atoms with Gasteiger partial charge in [0.2, 0.25) is 0 Å². The summed E-state index contributed by atoms with van der Waals surface area (Å²) in [6.45, 7) is 2.22. The zero-order valence-electron chi connectivity index (χ0n) is 14.5. The highest BCUT2D eigenvalue weighted by Crippen LogP contribution is 2.22. The fourth-order valence-electron chi connectivity index (χ4n) is 2.58. The largest absolute Gasteiger partial charge is 0.467 e. The first kappa shape index (κ1) is 17.9. The van der Waals surface area contributed by atoms with E-state index in [9.17, 15) is 13.2 Å². The number of amides is 1. The molecule has 2 aromatic carbocycles. The summed E-state index contributed by atoms with van der Waals surface area (Å²) in [6, 6.07) is 17.2. The Morgan fingerprint density at radius 2 is 1.77 bits per heavy atom. The van der Waals surface area contributed by atoms with Crippen molar-refractivity contribution in [2.75, 3.05) is 11.2 Å². The van der Waals surface area contributed by atoms with Gasteiger partial charge in [0.05, 0.1) is 17.7 Å². The lowest BCUT2D eigenvalue weighted by Crippen LogP contribution is -2.30. The predicted molar refractivity (Wildman–Crippen MR) is 100.0 cm³/mol. The number of anilines is 1. The van der Waals surface area contributed by atoms with E-state index in [0.29, 0.717) is 17.0 Å². The molecule has 0 N–H and O–H groups in total. The van der Waals surface area contributed by atoms with Crippen LogP contribution in [0, 0.1) is 6.92 Å². The van der Waals surface area contributed by atoms with Gasteiger partial charge in [-0.2, -0.15) is 0 Å². The van der Waals surface area contributed by atoms with Gasteiger partial charge in [-0.05, 0) is 49.4 Å². The lowest BCUT2D eigenvalue weighted by atomic mass is 10.1. The highest BCUT2D eigenvalue weighted by molar-refractivity contribution is 7.90. The molecule has 0 aliphatic carbocycles. The van der Waals surface area contributed by atoms with Crippen LogP contribution in [0.25, 0.3) is 0 Å². The van der Waals surface area contributed by atoms with Crippen LogP contribution in [0.2, 0.25) is 0 Å². The van der Waals surface area contributed by atoms with Crippen molar-refractivity contribution in [2.24, 2.45) is 0 Å². The molecule has 1 aromatic heterocycles. The van der Waals surface area contributed by atoms with Crippen LogP contribution in [0.15, 0.2) is 76.2 Å². The Balaban J connectivity index is 2.01. The summed E-state index contributed by atoms with van der Waals surface area (Å²) in [7, 11) is -3.39. The predicted octanol–water partition coefficient (Wildman–Crippen LogP) is 3.84. The molecule has 0 fully saturated rings. The van der Waals surface area contributed by atoms with Crippen LogP contribution >= 0.6 is 0 Å². The number of nitrogens with zero attached hydrogens (tertiary/aromatic N) is 1. The fraction of sp³-hybridized carbons (Fsp3) is 0.150. The van der Waals surface area contributed by atoms with E-state index >= 15 is 0 Å². The number of furan rings is 1. The Labute approximate surface area is 152 Å². The van der Waals surface area contributed by atoms with Crippen molar-refractivity contribution in [2.45, 2.75) is 18.4 Å². The number of sulfone groups is 1. The van der Waals surface area contributed by atoms with Gasteiger partial charge < -0.3 is 9.32 Å². The Bertz CT molecular complexity index is 1010. The van der Waals surface area contributed by atoms with Gasteiger partial charge in [0.1, 0.15) is 5.76 Å². The van der Waals surface area contributed by atoms with E-state index in [1.54, 1.807) is 35.4 Å². The van der Waals surface area contributed by atoms with E-state index in [1.807, 2.05) is 31.2 Å². The number of hydrogen-bond donors (Lipinski definition) is 0. The minimum absolute atomic E-state index is 0.116. The van der Waals surface area contributed by atoms with Gasteiger partial charge in [0.15, 0.2) is 9.84 Å². The minimum atomic E-state index is -3.39. The molecule has 5 nitrogen and oxygen atoms in total. The van der Waals surface area contributed by atoms with Gasteiger partial charge in [-0.3, -0.25) is 4.79 Å². The summed E-state index contributed by atoms with van der Waals surface area (Å²) in [5, 5.41) is 0. The summed E-state index contributed by atoms with van der Waals surface area (Å²) in [6.07, 6.45) is 2.68. The molecule has 0 atom stereocenters. The van der Waals surface area contributed by atoms with Crippen LogP contribution in [0.3, 0.4) is 0 Å². The number of hydrogen-bond acceptors (Lipinski definition) is 4. The van der Waals surface area contributed by atoms with Gasteiger partial charge >= 0.3 is 0 Å².